The summed E-state index contributed by atoms with van der Waals surface area (Å²) in [6, 6.07) is 8.07. The number of pyridine rings is 2. The summed E-state index contributed by atoms with van der Waals surface area (Å²) in [6.45, 7) is 3.44. The van der Waals surface area contributed by atoms with Crippen LogP contribution in [0.1, 0.15) is 18.5 Å². The molecule has 2 unspecified atom stereocenters. The van der Waals surface area contributed by atoms with Gasteiger partial charge in [-0.05, 0) is 37.1 Å². The Kier molecular flexibility index (Phi) is 4.71. The normalized spacial score (nSPS) is 22.6. The number of primary amides is 1. The summed E-state index contributed by atoms with van der Waals surface area (Å²) in [5, 5.41) is 8.25. The minimum absolute atomic E-state index is 0.196. The Morgan fingerprint density at radius 2 is 1.94 bits per heavy atom. The molecule has 0 radical (unpaired) electrons. The van der Waals surface area contributed by atoms with Gasteiger partial charge in [0, 0.05) is 62.1 Å². The number of rotatable bonds is 5. The Morgan fingerprint density at radius 1 is 1.14 bits per heavy atom. The predicted octanol–water partition coefficient (Wildman–Crippen LogP) is 2.17. The van der Waals surface area contributed by atoms with E-state index in [-0.39, 0.29) is 18.1 Å². The van der Waals surface area contributed by atoms with E-state index in [9.17, 15) is 4.79 Å². The number of carbonyl (C=O) groups is 1. The van der Waals surface area contributed by atoms with Gasteiger partial charge < -0.3 is 30.4 Å². The zero-order valence-electron chi connectivity index (χ0n) is 20.0. The van der Waals surface area contributed by atoms with E-state index >= 15 is 0 Å². The molecule has 7 rings (SSSR count). The largest absolute Gasteiger partial charge is 0.436 e. The number of aromatic nitrogens is 3. The fraction of sp³-hybridized carbons (Fsp3) is 0.385. The number of morpholine rings is 2. The van der Waals surface area contributed by atoms with Gasteiger partial charge in [-0.3, -0.25) is 9.78 Å². The van der Waals surface area contributed by atoms with Crippen LogP contribution < -0.4 is 21.3 Å². The molecule has 184 valence electrons. The first-order chi connectivity index (χ1) is 17.5. The number of nitrogens with one attached hydrogen (secondary N) is 2. The third-order valence-electron chi connectivity index (χ3n) is 7.66. The fourth-order valence-electron chi connectivity index (χ4n) is 5.51. The van der Waals surface area contributed by atoms with Crippen LogP contribution >= 0.6 is 0 Å². The molecule has 36 heavy (non-hydrogen) atoms. The molecule has 3 fully saturated rings. The highest BCUT2D eigenvalue weighted by atomic mass is 16.5. The van der Waals surface area contributed by atoms with E-state index in [4.69, 9.17) is 19.9 Å². The van der Waals surface area contributed by atoms with Gasteiger partial charge in [-0.25, -0.2) is 9.97 Å². The Hall–Kier alpha value is -3.76. The van der Waals surface area contributed by atoms with Gasteiger partial charge >= 0.3 is 0 Å². The van der Waals surface area contributed by atoms with Gasteiger partial charge in [-0.1, -0.05) is 0 Å². The molecule has 4 N–H and O–H groups in total. The third kappa shape index (κ3) is 3.32. The highest BCUT2D eigenvalue weighted by molar-refractivity contribution is 6.02. The molecule has 2 aliphatic heterocycles. The van der Waals surface area contributed by atoms with Gasteiger partial charge in [0.05, 0.1) is 28.9 Å². The molecular weight excluding hydrogens is 458 g/mol. The summed E-state index contributed by atoms with van der Waals surface area (Å²) in [7, 11) is 1.82. The van der Waals surface area contributed by atoms with Gasteiger partial charge in [-0.2, -0.15) is 0 Å². The predicted molar refractivity (Wildman–Crippen MR) is 136 cm³/mol. The molecule has 2 saturated heterocycles. The van der Waals surface area contributed by atoms with Gasteiger partial charge in [0.2, 0.25) is 11.8 Å². The Balaban J connectivity index is 1.30. The van der Waals surface area contributed by atoms with Crippen LogP contribution in [0.15, 0.2) is 41.1 Å². The number of benzene rings is 1. The van der Waals surface area contributed by atoms with Crippen molar-refractivity contribution in [3.8, 4) is 11.5 Å². The second-order valence-corrected chi connectivity index (χ2v) is 9.95. The zero-order chi connectivity index (χ0) is 24.4. The van der Waals surface area contributed by atoms with Crippen molar-refractivity contribution in [2.24, 2.45) is 5.73 Å². The molecule has 3 aromatic heterocycles. The average molecular weight is 486 g/mol. The van der Waals surface area contributed by atoms with E-state index in [1.54, 1.807) is 12.4 Å². The first kappa shape index (κ1) is 21.5. The maximum atomic E-state index is 12.2. The lowest BCUT2D eigenvalue weighted by Gasteiger charge is -2.42. The van der Waals surface area contributed by atoms with Crippen LogP contribution in [0.2, 0.25) is 0 Å². The molecule has 5 heterocycles. The number of nitrogens with two attached hydrogens (primary N) is 1. The lowest BCUT2D eigenvalue weighted by Crippen LogP contribution is -2.58. The van der Waals surface area contributed by atoms with E-state index in [1.165, 1.54) is 0 Å². The Bertz CT molecular complexity index is 1500. The van der Waals surface area contributed by atoms with Crippen molar-refractivity contribution in [1.82, 2.24) is 20.3 Å². The van der Waals surface area contributed by atoms with Crippen LogP contribution in [0.4, 0.5) is 11.5 Å². The number of hydrogen-bond donors (Lipinski definition) is 3. The van der Waals surface area contributed by atoms with Crippen LogP contribution in [-0.4, -0.2) is 66.3 Å². The Morgan fingerprint density at radius 3 is 2.67 bits per heavy atom. The highest BCUT2D eigenvalue weighted by Crippen LogP contribution is 2.48. The lowest BCUT2D eigenvalue weighted by molar-refractivity contribution is -0.120. The molecule has 1 saturated carbocycles. The fourth-order valence-corrected chi connectivity index (χ4v) is 5.51. The van der Waals surface area contributed by atoms with Crippen LogP contribution in [0.3, 0.4) is 0 Å². The van der Waals surface area contributed by atoms with E-state index in [0.29, 0.717) is 35.8 Å². The van der Waals surface area contributed by atoms with Gasteiger partial charge in [-0.15, -0.1) is 0 Å². The number of oxazole rings is 1. The van der Waals surface area contributed by atoms with Crippen LogP contribution in [0, 0.1) is 0 Å². The van der Waals surface area contributed by atoms with Gasteiger partial charge in [0.15, 0.2) is 5.58 Å². The molecule has 3 aliphatic rings. The smallest absolute Gasteiger partial charge is 0.229 e. The molecule has 4 aromatic rings. The maximum absolute atomic E-state index is 12.2. The minimum Gasteiger partial charge on any atom is -0.436 e. The molecule has 1 amide bonds. The van der Waals surface area contributed by atoms with Crippen LogP contribution in [-0.2, 0) is 14.9 Å². The molecule has 1 aliphatic carbocycles. The van der Waals surface area contributed by atoms with E-state index < -0.39 is 5.41 Å². The second-order valence-electron chi connectivity index (χ2n) is 9.95. The van der Waals surface area contributed by atoms with E-state index in [1.807, 2.05) is 19.2 Å². The number of carbonyl (C=O) groups excluding carboxylic acids is 1. The number of anilines is 2. The summed E-state index contributed by atoms with van der Waals surface area (Å²) in [4.78, 5) is 28.5. The van der Waals surface area contributed by atoms with Crippen molar-refractivity contribution in [2.45, 2.75) is 30.5 Å². The number of ether oxygens (including phenoxy) is 1. The lowest BCUT2D eigenvalue weighted by atomic mass is 9.98. The van der Waals surface area contributed by atoms with E-state index in [0.717, 1.165) is 53.7 Å². The molecule has 0 spiro atoms. The quantitative estimate of drug-likeness (QED) is 0.389. The number of nitrogens with zero attached hydrogens (tertiary/aromatic N) is 4. The summed E-state index contributed by atoms with van der Waals surface area (Å²) >= 11 is 0. The summed E-state index contributed by atoms with van der Waals surface area (Å²) < 4.78 is 12.3. The minimum atomic E-state index is -0.684. The molecule has 10 heteroatoms. The van der Waals surface area contributed by atoms with E-state index in [2.05, 4.69) is 37.6 Å². The van der Waals surface area contributed by atoms with Crippen LogP contribution in [0.5, 0.6) is 0 Å². The van der Waals surface area contributed by atoms with Crippen molar-refractivity contribution in [3.05, 3.63) is 42.4 Å². The monoisotopic (exact) mass is 485 g/mol. The van der Waals surface area contributed by atoms with Gasteiger partial charge in [0.1, 0.15) is 11.3 Å². The van der Waals surface area contributed by atoms with Crippen molar-refractivity contribution in [2.75, 3.05) is 43.4 Å². The topological polar surface area (TPSA) is 131 Å². The maximum Gasteiger partial charge on any atom is 0.229 e. The average Bonchev–Trinajstić information content (AvgIpc) is 3.61. The Labute approximate surface area is 207 Å². The highest BCUT2D eigenvalue weighted by Gasteiger charge is 2.51. The standard InChI is InChI=1S/C26H27N7O3/c1-28-23-18-10-30-22(26(4-5-26)25(27)34)7-17(18)19(11-31-23)24-32-20-6-14(2-3-21(20)36-24)33-12-15-8-29-9-16(13-33)35-15/h2-3,6-7,10-11,15-16,29H,4-5,8-9,12-13H2,1H3,(H2,27,34)(H,28,31). The van der Waals surface area contributed by atoms with Crippen molar-refractivity contribution >= 4 is 39.3 Å². The number of fused-ring (bicyclic) bond motifs is 4. The number of amides is 1. The molecule has 10 nitrogen and oxygen atoms in total. The molecule has 1 aromatic carbocycles. The molecule has 2 bridgehead atoms. The molecule has 2 atom stereocenters. The van der Waals surface area contributed by atoms with Gasteiger partial charge in [0.25, 0.3) is 0 Å². The molecular formula is C26H27N7O3. The number of hydrogen-bond acceptors (Lipinski definition) is 9. The second kappa shape index (κ2) is 7.87. The summed E-state index contributed by atoms with van der Waals surface area (Å²) in [5.41, 5.74) is 9.07. The SMILES string of the molecule is CNc1ncc(-c2nc3cc(N4CC5CNCC(C4)O5)ccc3o2)c2cc(C3(C(N)=O)CC3)ncc12. The summed E-state index contributed by atoms with van der Waals surface area (Å²) in [5.74, 6) is 0.838. The zero-order valence-corrected chi connectivity index (χ0v) is 20.0. The van der Waals surface area contributed by atoms with Crippen LogP contribution in [0.25, 0.3) is 33.3 Å². The first-order valence-corrected chi connectivity index (χ1v) is 12.3. The van der Waals surface area contributed by atoms with Crippen molar-refractivity contribution in [1.29, 1.82) is 0 Å². The third-order valence-corrected chi connectivity index (χ3v) is 7.66. The summed E-state index contributed by atoms with van der Waals surface area (Å²) in [6.07, 6.45) is 5.32. The first-order valence-electron chi connectivity index (χ1n) is 12.3. The van der Waals surface area contributed by atoms with Crippen molar-refractivity contribution in [3.63, 3.8) is 0 Å². The van der Waals surface area contributed by atoms with Crippen molar-refractivity contribution < 1.29 is 13.9 Å².